The van der Waals surface area contributed by atoms with E-state index in [1.54, 1.807) is 17.0 Å². The molecule has 1 aromatic carbocycles. The Morgan fingerprint density at radius 1 is 1.23 bits per heavy atom. The molecule has 2 heterocycles. The summed E-state index contributed by atoms with van der Waals surface area (Å²) in [7, 11) is 0. The Hall–Kier alpha value is -2.41. The Morgan fingerprint density at radius 3 is 2.54 bits per heavy atom. The molecule has 0 aliphatic carbocycles. The zero-order valence-corrected chi connectivity index (χ0v) is 15.4. The van der Waals surface area contributed by atoms with Gasteiger partial charge < -0.3 is 15.5 Å². The van der Waals surface area contributed by atoms with E-state index in [2.05, 4.69) is 10.6 Å². The van der Waals surface area contributed by atoms with Crippen molar-refractivity contribution in [1.82, 2.24) is 10.2 Å². The van der Waals surface area contributed by atoms with Gasteiger partial charge in [-0.1, -0.05) is 0 Å². The number of thiophene rings is 1. The van der Waals surface area contributed by atoms with Gasteiger partial charge in [0.25, 0.3) is 5.91 Å². The Balaban J connectivity index is 1.41. The predicted molar refractivity (Wildman–Crippen MR) is 101 cm³/mol. The van der Waals surface area contributed by atoms with E-state index in [1.165, 1.54) is 23.5 Å². The van der Waals surface area contributed by atoms with Gasteiger partial charge in [-0.2, -0.15) is 0 Å². The summed E-state index contributed by atoms with van der Waals surface area (Å²) in [6, 6.07) is 7.44. The fourth-order valence-corrected chi connectivity index (χ4v) is 3.76. The maximum atomic E-state index is 12.9. The third kappa shape index (κ3) is 4.82. The van der Waals surface area contributed by atoms with Gasteiger partial charge in [-0.05, 0) is 67.0 Å². The van der Waals surface area contributed by atoms with Crippen molar-refractivity contribution in [3.63, 3.8) is 0 Å². The van der Waals surface area contributed by atoms with E-state index in [9.17, 15) is 14.0 Å². The summed E-state index contributed by atoms with van der Waals surface area (Å²) in [4.78, 5) is 26.9. The molecule has 0 radical (unpaired) electrons. The lowest BCUT2D eigenvalue weighted by molar-refractivity contribution is 0.0942. The molecule has 138 valence electrons. The van der Waals surface area contributed by atoms with Crippen LogP contribution in [0, 0.1) is 18.7 Å². The number of anilines is 1. The molecular formula is C19H22FN3O2S. The minimum Gasteiger partial charge on any atom is -0.351 e. The summed E-state index contributed by atoms with van der Waals surface area (Å²) >= 11 is 1.45. The summed E-state index contributed by atoms with van der Waals surface area (Å²) in [5.41, 5.74) is 1.68. The molecule has 7 heteroatoms. The lowest BCUT2D eigenvalue weighted by Gasteiger charge is -2.32. The third-order valence-corrected chi connectivity index (χ3v) is 5.55. The van der Waals surface area contributed by atoms with E-state index in [1.807, 2.05) is 18.4 Å². The number of hydrogen-bond acceptors (Lipinski definition) is 3. The number of likely N-dealkylation sites (tertiary alicyclic amines) is 1. The number of nitrogens with zero attached hydrogens (tertiary/aromatic N) is 1. The quantitative estimate of drug-likeness (QED) is 0.852. The Bertz CT molecular complexity index is 767. The van der Waals surface area contributed by atoms with Crippen LogP contribution in [0.1, 0.15) is 28.1 Å². The number of hydrogen-bond donors (Lipinski definition) is 2. The lowest BCUT2D eigenvalue weighted by Crippen LogP contribution is -2.43. The highest BCUT2D eigenvalue weighted by Crippen LogP contribution is 2.19. The van der Waals surface area contributed by atoms with E-state index >= 15 is 0 Å². The minimum atomic E-state index is -0.330. The number of halogens is 1. The summed E-state index contributed by atoms with van der Waals surface area (Å²) in [6.07, 6.45) is 1.70. The fourth-order valence-electron chi connectivity index (χ4n) is 2.95. The highest BCUT2D eigenvalue weighted by molar-refractivity contribution is 7.12. The van der Waals surface area contributed by atoms with Crippen molar-refractivity contribution >= 4 is 29.0 Å². The highest BCUT2D eigenvalue weighted by atomic mass is 32.1. The van der Waals surface area contributed by atoms with Crippen LogP contribution in [-0.4, -0.2) is 36.5 Å². The number of amides is 3. The van der Waals surface area contributed by atoms with Crippen molar-refractivity contribution in [1.29, 1.82) is 0 Å². The van der Waals surface area contributed by atoms with Crippen LogP contribution >= 0.6 is 11.3 Å². The molecular weight excluding hydrogens is 353 g/mol. The van der Waals surface area contributed by atoms with Gasteiger partial charge in [0.1, 0.15) is 5.82 Å². The van der Waals surface area contributed by atoms with Crippen molar-refractivity contribution in [2.45, 2.75) is 19.8 Å². The van der Waals surface area contributed by atoms with E-state index in [0.717, 1.165) is 23.3 Å². The van der Waals surface area contributed by atoms with Crippen molar-refractivity contribution in [3.05, 3.63) is 52.0 Å². The second-order valence-electron chi connectivity index (χ2n) is 6.57. The van der Waals surface area contributed by atoms with Crippen LogP contribution in [0.2, 0.25) is 0 Å². The molecule has 1 aliphatic heterocycles. The summed E-state index contributed by atoms with van der Waals surface area (Å²) in [5, 5.41) is 7.73. The number of aryl methyl sites for hydroxylation is 1. The van der Waals surface area contributed by atoms with Gasteiger partial charge in [-0.15, -0.1) is 11.3 Å². The van der Waals surface area contributed by atoms with Gasteiger partial charge in [0, 0.05) is 25.3 Å². The average Bonchev–Trinajstić information content (AvgIpc) is 3.08. The molecule has 2 aromatic rings. The van der Waals surface area contributed by atoms with Crippen LogP contribution in [0.3, 0.4) is 0 Å². The summed E-state index contributed by atoms with van der Waals surface area (Å²) < 4.78 is 12.9. The second kappa shape index (κ2) is 8.31. The minimum absolute atomic E-state index is 0.0282. The molecule has 1 aromatic heterocycles. The van der Waals surface area contributed by atoms with E-state index < -0.39 is 0 Å². The van der Waals surface area contributed by atoms with Crippen LogP contribution in [0.15, 0.2) is 35.7 Å². The maximum Gasteiger partial charge on any atom is 0.321 e. The molecule has 3 amide bonds. The van der Waals surface area contributed by atoms with Crippen molar-refractivity contribution in [2.24, 2.45) is 5.92 Å². The number of carbonyl (C=O) groups is 2. The average molecular weight is 375 g/mol. The van der Waals surface area contributed by atoms with E-state index in [-0.39, 0.29) is 17.8 Å². The Morgan fingerprint density at radius 2 is 1.92 bits per heavy atom. The zero-order chi connectivity index (χ0) is 18.5. The van der Waals surface area contributed by atoms with Gasteiger partial charge >= 0.3 is 6.03 Å². The monoisotopic (exact) mass is 375 g/mol. The van der Waals surface area contributed by atoms with Crippen LogP contribution in [0.25, 0.3) is 0 Å². The standard InChI is InChI=1S/C19H22FN3O2S/c1-13-10-17(26-12-13)18(24)21-11-14-6-8-23(9-7-14)19(25)22-16-4-2-15(20)3-5-16/h2-5,10,12,14H,6-9,11H2,1H3,(H,21,24)(H,22,25). The second-order valence-corrected chi connectivity index (χ2v) is 7.48. The number of piperidine rings is 1. The van der Waals surface area contributed by atoms with Crippen molar-refractivity contribution in [2.75, 3.05) is 25.0 Å². The molecule has 0 bridgehead atoms. The largest absolute Gasteiger partial charge is 0.351 e. The first-order chi connectivity index (χ1) is 12.5. The predicted octanol–water partition coefficient (Wildman–Crippen LogP) is 3.87. The molecule has 3 rings (SSSR count). The van der Waals surface area contributed by atoms with Gasteiger partial charge in [0.15, 0.2) is 0 Å². The summed E-state index contributed by atoms with van der Waals surface area (Å²) in [6.45, 7) is 3.89. The number of carbonyl (C=O) groups excluding carboxylic acids is 2. The fraction of sp³-hybridized carbons (Fsp3) is 0.368. The molecule has 5 nitrogen and oxygen atoms in total. The first-order valence-electron chi connectivity index (χ1n) is 8.66. The first kappa shape index (κ1) is 18.4. The molecule has 0 atom stereocenters. The van der Waals surface area contributed by atoms with Crippen LogP contribution in [0.4, 0.5) is 14.9 Å². The number of nitrogens with one attached hydrogen (secondary N) is 2. The molecule has 0 spiro atoms. The number of benzene rings is 1. The molecule has 0 unspecified atom stereocenters. The maximum absolute atomic E-state index is 12.9. The Kier molecular flexibility index (Phi) is 5.88. The smallest absolute Gasteiger partial charge is 0.321 e. The molecule has 2 N–H and O–H groups in total. The van der Waals surface area contributed by atoms with E-state index in [0.29, 0.717) is 31.2 Å². The first-order valence-corrected chi connectivity index (χ1v) is 9.54. The van der Waals surface area contributed by atoms with Crippen LogP contribution < -0.4 is 10.6 Å². The zero-order valence-electron chi connectivity index (χ0n) is 14.6. The third-order valence-electron chi connectivity index (χ3n) is 4.50. The molecule has 1 fully saturated rings. The normalized spacial score (nSPS) is 14.9. The van der Waals surface area contributed by atoms with Crippen molar-refractivity contribution in [3.8, 4) is 0 Å². The van der Waals surface area contributed by atoms with Gasteiger partial charge in [-0.3, -0.25) is 4.79 Å². The van der Waals surface area contributed by atoms with Crippen molar-refractivity contribution < 1.29 is 14.0 Å². The lowest BCUT2D eigenvalue weighted by atomic mass is 9.97. The molecule has 0 saturated carbocycles. The highest BCUT2D eigenvalue weighted by Gasteiger charge is 2.23. The molecule has 1 saturated heterocycles. The molecule has 26 heavy (non-hydrogen) atoms. The van der Waals surface area contributed by atoms with Gasteiger partial charge in [0.2, 0.25) is 0 Å². The summed E-state index contributed by atoms with van der Waals surface area (Å²) in [5.74, 6) is 0.0121. The number of urea groups is 1. The van der Waals surface area contributed by atoms with Gasteiger partial charge in [0.05, 0.1) is 4.88 Å². The van der Waals surface area contributed by atoms with Gasteiger partial charge in [-0.25, -0.2) is 9.18 Å². The van der Waals surface area contributed by atoms with E-state index in [4.69, 9.17) is 0 Å². The Labute approximate surface area is 156 Å². The molecule has 1 aliphatic rings. The SMILES string of the molecule is Cc1csc(C(=O)NCC2CCN(C(=O)Nc3ccc(F)cc3)CC2)c1. The van der Waals surface area contributed by atoms with Crippen LogP contribution in [0.5, 0.6) is 0 Å². The topological polar surface area (TPSA) is 61.4 Å². The number of rotatable bonds is 4. The van der Waals surface area contributed by atoms with Crippen LogP contribution in [-0.2, 0) is 0 Å².